The zero-order valence-electron chi connectivity index (χ0n) is 17.3. The number of nitrogens with zero attached hydrogens (tertiary/aromatic N) is 3. The van der Waals surface area contributed by atoms with Gasteiger partial charge in [0.15, 0.2) is 0 Å². The van der Waals surface area contributed by atoms with E-state index < -0.39 is 28.9 Å². The van der Waals surface area contributed by atoms with Crippen LogP contribution < -0.4 is 0 Å². The van der Waals surface area contributed by atoms with Gasteiger partial charge in [0, 0.05) is 29.5 Å². The number of rotatable bonds is 8. The van der Waals surface area contributed by atoms with Crippen molar-refractivity contribution in [2.45, 2.75) is 38.4 Å². The number of hydrogen-bond donors (Lipinski definition) is 0. The van der Waals surface area contributed by atoms with Gasteiger partial charge in [-0.1, -0.05) is 42.5 Å². The van der Waals surface area contributed by atoms with Gasteiger partial charge < -0.3 is 4.74 Å². The highest BCUT2D eigenvalue weighted by Gasteiger charge is 2.47. The van der Waals surface area contributed by atoms with Crippen LogP contribution in [0.25, 0.3) is 0 Å². The van der Waals surface area contributed by atoms with E-state index in [9.17, 15) is 25.0 Å². The van der Waals surface area contributed by atoms with Crippen LogP contribution in [0.5, 0.6) is 0 Å². The van der Waals surface area contributed by atoms with Crippen LogP contribution in [0.15, 0.2) is 54.6 Å². The zero-order valence-corrected chi connectivity index (χ0v) is 17.3. The van der Waals surface area contributed by atoms with Gasteiger partial charge >= 0.3 is 5.97 Å². The minimum atomic E-state index is -1.04. The number of benzene rings is 2. The zero-order chi connectivity index (χ0) is 22.4. The number of hydrogen-bond acceptors (Lipinski definition) is 7. The lowest BCUT2D eigenvalue weighted by atomic mass is 9.80. The van der Waals surface area contributed by atoms with Gasteiger partial charge in [-0.15, -0.1) is 0 Å². The molecule has 0 bridgehead atoms. The molecule has 31 heavy (non-hydrogen) atoms. The molecule has 1 saturated heterocycles. The van der Waals surface area contributed by atoms with E-state index in [2.05, 4.69) is 0 Å². The molecule has 0 spiro atoms. The molecule has 3 rings (SSSR count). The molecule has 0 aliphatic carbocycles. The molecular formula is C22H25N3O6. The molecule has 1 aliphatic rings. The Morgan fingerprint density at radius 3 is 2.35 bits per heavy atom. The predicted octanol–water partition coefficient (Wildman–Crippen LogP) is 3.76. The smallest absolute Gasteiger partial charge is 0.306 e. The van der Waals surface area contributed by atoms with Crippen molar-refractivity contribution in [3.05, 3.63) is 86.0 Å². The Morgan fingerprint density at radius 1 is 1.10 bits per heavy atom. The highest BCUT2D eigenvalue weighted by Crippen LogP contribution is 2.39. The fourth-order valence-electron chi connectivity index (χ4n) is 4.26. The summed E-state index contributed by atoms with van der Waals surface area (Å²) in [4.78, 5) is 36.5. The molecule has 0 saturated carbocycles. The first-order chi connectivity index (χ1) is 14.9. The van der Waals surface area contributed by atoms with Gasteiger partial charge in [-0.3, -0.25) is 29.9 Å². The molecule has 1 fully saturated rings. The molecule has 0 aromatic heterocycles. The largest absolute Gasteiger partial charge is 0.466 e. The average molecular weight is 427 g/mol. The lowest BCUT2D eigenvalue weighted by Crippen LogP contribution is -2.50. The second-order valence-corrected chi connectivity index (χ2v) is 7.58. The summed E-state index contributed by atoms with van der Waals surface area (Å²) in [7, 11) is 0. The van der Waals surface area contributed by atoms with Gasteiger partial charge in [-0.25, -0.2) is 0 Å². The molecule has 9 heteroatoms. The quantitative estimate of drug-likeness (QED) is 0.358. The highest BCUT2D eigenvalue weighted by molar-refractivity contribution is 5.69. The number of non-ortho nitro benzene ring substituents is 1. The van der Waals surface area contributed by atoms with Crippen molar-refractivity contribution in [1.82, 2.24) is 4.90 Å². The first-order valence-electron chi connectivity index (χ1n) is 10.2. The third-order valence-electron chi connectivity index (χ3n) is 5.64. The van der Waals surface area contributed by atoms with Crippen molar-refractivity contribution in [2.75, 3.05) is 13.2 Å². The average Bonchev–Trinajstić information content (AvgIpc) is 2.75. The van der Waals surface area contributed by atoms with Crippen molar-refractivity contribution in [3.8, 4) is 0 Å². The minimum absolute atomic E-state index is 0.0256. The van der Waals surface area contributed by atoms with Crippen LogP contribution in [0.1, 0.15) is 36.9 Å². The third-order valence-corrected chi connectivity index (χ3v) is 5.64. The molecule has 0 unspecified atom stereocenters. The summed E-state index contributed by atoms with van der Waals surface area (Å²) < 4.78 is 5.03. The summed E-state index contributed by atoms with van der Waals surface area (Å²) in [6, 6.07) is 13.9. The van der Waals surface area contributed by atoms with Gasteiger partial charge in [0.1, 0.15) is 6.04 Å². The van der Waals surface area contributed by atoms with Crippen LogP contribution in [-0.4, -0.2) is 39.9 Å². The number of carbonyl (C=O) groups is 1. The summed E-state index contributed by atoms with van der Waals surface area (Å²) in [5.41, 5.74) is 1.56. The number of nitro benzene ring substituents is 1. The SMILES string of the molecule is CCOC(=O)C[C@@H]1CCN(Cc2ccccc2)[C@H](c2ccc([N+](=O)[O-])cc2)[C@H]1[N+](=O)[O-]. The number of likely N-dealkylation sites (tertiary alicyclic amines) is 1. The normalized spacial score (nSPS) is 21.4. The molecule has 0 amide bonds. The second-order valence-electron chi connectivity index (χ2n) is 7.58. The monoisotopic (exact) mass is 427 g/mol. The number of piperidine rings is 1. The van der Waals surface area contributed by atoms with Crippen molar-refractivity contribution in [3.63, 3.8) is 0 Å². The molecule has 0 N–H and O–H groups in total. The lowest BCUT2D eigenvalue weighted by molar-refractivity contribution is -0.545. The van der Waals surface area contributed by atoms with E-state index in [0.29, 0.717) is 25.1 Å². The van der Waals surface area contributed by atoms with Crippen LogP contribution in [0, 0.1) is 26.1 Å². The minimum Gasteiger partial charge on any atom is -0.466 e. The van der Waals surface area contributed by atoms with Gasteiger partial charge in [0.05, 0.1) is 18.0 Å². The summed E-state index contributed by atoms with van der Waals surface area (Å²) in [5, 5.41) is 23.2. The molecule has 3 atom stereocenters. The second kappa shape index (κ2) is 10.1. The first-order valence-corrected chi connectivity index (χ1v) is 10.2. The van der Waals surface area contributed by atoms with Gasteiger partial charge in [-0.2, -0.15) is 0 Å². The topological polar surface area (TPSA) is 116 Å². The number of carbonyl (C=O) groups excluding carboxylic acids is 1. The number of ether oxygens (including phenoxy) is 1. The Balaban J connectivity index is 1.96. The van der Waals surface area contributed by atoms with Crippen LogP contribution in [-0.2, 0) is 16.1 Å². The van der Waals surface area contributed by atoms with Crippen LogP contribution in [0.2, 0.25) is 0 Å². The van der Waals surface area contributed by atoms with Crippen LogP contribution in [0.3, 0.4) is 0 Å². The lowest BCUT2D eigenvalue weighted by Gasteiger charge is -2.41. The Morgan fingerprint density at radius 2 is 1.77 bits per heavy atom. The van der Waals surface area contributed by atoms with Crippen molar-refractivity contribution >= 4 is 11.7 Å². The molecule has 0 radical (unpaired) electrons. The van der Waals surface area contributed by atoms with E-state index >= 15 is 0 Å². The van der Waals surface area contributed by atoms with Gasteiger partial charge in [0.25, 0.3) is 5.69 Å². The molecule has 2 aromatic rings. The maximum absolute atomic E-state index is 12.2. The Hall–Kier alpha value is -3.33. The number of nitro groups is 2. The molecule has 1 aliphatic heterocycles. The summed E-state index contributed by atoms with van der Waals surface area (Å²) in [6.45, 7) is 2.98. The first kappa shape index (κ1) is 22.4. The Kier molecular flexibility index (Phi) is 7.30. The predicted molar refractivity (Wildman–Crippen MR) is 113 cm³/mol. The summed E-state index contributed by atoms with van der Waals surface area (Å²) in [6.07, 6.45) is 0.461. The van der Waals surface area contributed by atoms with Gasteiger partial charge in [0.2, 0.25) is 6.04 Å². The van der Waals surface area contributed by atoms with E-state index in [1.807, 2.05) is 35.2 Å². The number of esters is 1. The molecule has 164 valence electrons. The van der Waals surface area contributed by atoms with Crippen molar-refractivity contribution in [2.24, 2.45) is 5.92 Å². The fourth-order valence-corrected chi connectivity index (χ4v) is 4.26. The summed E-state index contributed by atoms with van der Waals surface area (Å²) in [5.74, 6) is -0.931. The van der Waals surface area contributed by atoms with Crippen molar-refractivity contribution < 1.29 is 19.4 Å². The van der Waals surface area contributed by atoms with Crippen molar-refractivity contribution in [1.29, 1.82) is 0 Å². The maximum atomic E-state index is 12.2. The van der Waals surface area contributed by atoms with E-state index in [1.165, 1.54) is 12.1 Å². The summed E-state index contributed by atoms with van der Waals surface area (Å²) >= 11 is 0. The maximum Gasteiger partial charge on any atom is 0.306 e. The van der Waals surface area contributed by atoms with E-state index in [-0.39, 0.29) is 23.6 Å². The molecular weight excluding hydrogens is 402 g/mol. The van der Waals surface area contributed by atoms with E-state index in [1.54, 1.807) is 19.1 Å². The van der Waals surface area contributed by atoms with E-state index in [4.69, 9.17) is 4.74 Å². The third kappa shape index (κ3) is 5.43. The van der Waals surface area contributed by atoms with E-state index in [0.717, 1.165) is 5.56 Å². The van der Waals surface area contributed by atoms with Gasteiger partial charge in [-0.05, 0) is 31.0 Å². The van der Waals surface area contributed by atoms with Crippen LogP contribution >= 0.6 is 0 Å². The molecule has 9 nitrogen and oxygen atoms in total. The molecule has 1 heterocycles. The standard InChI is InChI=1S/C22H25N3O6/c1-2-31-20(26)14-18-12-13-23(15-16-6-4-3-5-7-16)21(22(18)25(29)30)17-8-10-19(11-9-17)24(27)28/h3-11,18,21-22H,2,12-15H2,1H3/t18-,21+,22-/m0/s1. The molecule has 2 aromatic carbocycles. The Labute approximate surface area is 179 Å². The fraction of sp³-hybridized carbons (Fsp3) is 0.409. The highest BCUT2D eigenvalue weighted by atomic mass is 16.6. The van der Waals surface area contributed by atoms with Crippen LogP contribution in [0.4, 0.5) is 5.69 Å². The Bertz CT molecular complexity index is 919.